The molecule has 0 aromatic heterocycles. The van der Waals surface area contributed by atoms with Crippen LogP contribution in [-0.4, -0.2) is 24.0 Å². The van der Waals surface area contributed by atoms with Gasteiger partial charge in [-0.15, -0.1) is 0 Å². The second-order valence-corrected chi connectivity index (χ2v) is 5.17. The van der Waals surface area contributed by atoms with E-state index in [2.05, 4.69) is 0 Å². The minimum Gasteiger partial charge on any atom is -0.300 e. The molecule has 5 heteroatoms. The molecule has 0 aromatic rings. The normalized spacial score (nSPS) is 14.5. The number of hydrogen-bond acceptors (Lipinski definition) is 3. The number of Topliss-reactive ketones (excluding diaryl/α,β-unsaturated/α-hetero) is 1. The SMILES string of the molecule is CC(=O)CCC(C(C)C)S(=O)(=O)O. The van der Waals surface area contributed by atoms with E-state index in [1.807, 2.05) is 0 Å². The zero-order valence-corrected chi connectivity index (χ0v) is 8.97. The quantitative estimate of drug-likeness (QED) is 0.690. The van der Waals surface area contributed by atoms with E-state index >= 15 is 0 Å². The molecule has 0 rings (SSSR count). The third kappa shape index (κ3) is 5.00. The Morgan fingerprint density at radius 3 is 2.08 bits per heavy atom. The molecule has 0 bridgehead atoms. The first-order chi connectivity index (χ1) is 5.75. The molecule has 0 heterocycles. The van der Waals surface area contributed by atoms with Crippen LogP contribution in [0.3, 0.4) is 0 Å². The minimum atomic E-state index is -4.01. The Labute approximate surface area is 79.1 Å². The van der Waals surface area contributed by atoms with Crippen LogP contribution >= 0.6 is 0 Å². The molecule has 4 nitrogen and oxygen atoms in total. The number of hydrogen-bond donors (Lipinski definition) is 1. The molecule has 78 valence electrons. The molecular weight excluding hydrogens is 192 g/mol. The van der Waals surface area contributed by atoms with Crippen LogP contribution in [0.15, 0.2) is 0 Å². The van der Waals surface area contributed by atoms with Crippen molar-refractivity contribution in [2.24, 2.45) is 5.92 Å². The van der Waals surface area contributed by atoms with Crippen molar-refractivity contribution in [3.05, 3.63) is 0 Å². The van der Waals surface area contributed by atoms with Gasteiger partial charge in [0.05, 0.1) is 5.25 Å². The van der Waals surface area contributed by atoms with Crippen molar-refractivity contribution in [2.75, 3.05) is 0 Å². The first-order valence-electron chi connectivity index (χ1n) is 4.21. The van der Waals surface area contributed by atoms with Crippen molar-refractivity contribution in [3.8, 4) is 0 Å². The molecule has 0 saturated carbocycles. The van der Waals surface area contributed by atoms with E-state index in [1.165, 1.54) is 6.92 Å². The van der Waals surface area contributed by atoms with Crippen LogP contribution < -0.4 is 0 Å². The smallest absolute Gasteiger partial charge is 0.268 e. The molecule has 0 saturated heterocycles. The molecule has 0 aliphatic carbocycles. The Morgan fingerprint density at radius 1 is 1.38 bits per heavy atom. The highest BCUT2D eigenvalue weighted by atomic mass is 32.2. The standard InChI is InChI=1S/C8H16O4S/c1-6(2)8(13(10,11)12)5-4-7(3)9/h6,8H,4-5H2,1-3H3,(H,10,11,12). The topological polar surface area (TPSA) is 71.4 Å². The van der Waals surface area contributed by atoms with Gasteiger partial charge in [-0.1, -0.05) is 13.8 Å². The third-order valence-electron chi connectivity index (χ3n) is 1.91. The zero-order valence-electron chi connectivity index (χ0n) is 8.15. The molecule has 1 atom stereocenters. The van der Waals surface area contributed by atoms with Gasteiger partial charge in [0.25, 0.3) is 10.1 Å². The van der Waals surface area contributed by atoms with Crippen molar-refractivity contribution in [2.45, 2.75) is 38.9 Å². The van der Waals surface area contributed by atoms with Gasteiger partial charge >= 0.3 is 0 Å². The largest absolute Gasteiger partial charge is 0.300 e. The second kappa shape index (κ2) is 4.72. The highest BCUT2D eigenvalue weighted by Gasteiger charge is 2.26. The third-order valence-corrected chi connectivity index (χ3v) is 3.45. The molecule has 0 radical (unpaired) electrons. The highest BCUT2D eigenvalue weighted by molar-refractivity contribution is 7.86. The molecule has 0 aliphatic heterocycles. The van der Waals surface area contributed by atoms with Gasteiger partial charge in [0.15, 0.2) is 0 Å². The lowest BCUT2D eigenvalue weighted by Gasteiger charge is -2.16. The number of carbonyl (C=O) groups is 1. The summed E-state index contributed by atoms with van der Waals surface area (Å²) in [6.07, 6.45) is 0.397. The summed E-state index contributed by atoms with van der Waals surface area (Å²) in [6.45, 7) is 4.82. The molecule has 1 N–H and O–H groups in total. The van der Waals surface area contributed by atoms with E-state index in [4.69, 9.17) is 4.55 Å². The average molecular weight is 208 g/mol. The monoisotopic (exact) mass is 208 g/mol. The maximum Gasteiger partial charge on any atom is 0.268 e. The Balaban J connectivity index is 4.38. The summed E-state index contributed by atoms with van der Waals surface area (Å²) in [7, 11) is -4.01. The van der Waals surface area contributed by atoms with E-state index < -0.39 is 15.4 Å². The molecule has 0 aromatic carbocycles. The van der Waals surface area contributed by atoms with E-state index in [9.17, 15) is 13.2 Å². The summed E-state index contributed by atoms with van der Waals surface area (Å²) in [4.78, 5) is 10.6. The molecule has 13 heavy (non-hydrogen) atoms. The summed E-state index contributed by atoms with van der Waals surface area (Å²) < 4.78 is 30.5. The lowest BCUT2D eigenvalue weighted by Crippen LogP contribution is -2.26. The van der Waals surface area contributed by atoms with Crippen LogP contribution in [0, 0.1) is 5.92 Å². The van der Waals surface area contributed by atoms with Crippen LogP contribution in [0.1, 0.15) is 33.6 Å². The molecule has 1 unspecified atom stereocenters. The summed E-state index contributed by atoms with van der Waals surface area (Å²) in [5.41, 5.74) is 0. The fourth-order valence-corrected chi connectivity index (χ4v) is 2.28. The van der Waals surface area contributed by atoms with Crippen LogP contribution in [0.5, 0.6) is 0 Å². The van der Waals surface area contributed by atoms with Crippen LogP contribution in [0.2, 0.25) is 0 Å². The molecule has 0 aliphatic rings. The van der Waals surface area contributed by atoms with E-state index in [0.717, 1.165) is 0 Å². The van der Waals surface area contributed by atoms with Crippen LogP contribution in [0.25, 0.3) is 0 Å². The number of carbonyl (C=O) groups excluding carboxylic acids is 1. The van der Waals surface area contributed by atoms with Crippen molar-refractivity contribution in [1.82, 2.24) is 0 Å². The van der Waals surface area contributed by atoms with Gasteiger partial charge < -0.3 is 4.79 Å². The Hall–Kier alpha value is -0.420. The van der Waals surface area contributed by atoms with Crippen molar-refractivity contribution in [3.63, 3.8) is 0 Å². The van der Waals surface area contributed by atoms with Gasteiger partial charge in [0, 0.05) is 6.42 Å². The maximum atomic E-state index is 10.8. The number of rotatable bonds is 5. The van der Waals surface area contributed by atoms with Crippen LogP contribution in [-0.2, 0) is 14.9 Å². The van der Waals surface area contributed by atoms with Gasteiger partial charge in [0.2, 0.25) is 0 Å². The van der Waals surface area contributed by atoms with Gasteiger partial charge in [-0.2, -0.15) is 8.42 Å². The van der Waals surface area contributed by atoms with Gasteiger partial charge in [-0.3, -0.25) is 4.55 Å². The predicted octanol–water partition coefficient (Wildman–Crippen LogP) is 1.27. The molecule has 0 spiro atoms. The average Bonchev–Trinajstić information content (AvgIpc) is 1.81. The predicted molar refractivity (Wildman–Crippen MR) is 50.1 cm³/mol. The zero-order chi connectivity index (χ0) is 10.6. The Morgan fingerprint density at radius 2 is 1.85 bits per heavy atom. The van der Waals surface area contributed by atoms with E-state index in [0.29, 0.717) is 0 Å². The lowest BCUT2D eigenvalue weighted by molar-refractivity contribution is -0.117. The van der Waals surface area contributed by atoms with Crippen molar-refractivity contribution < 1.29 is 17.8 Å². The van der Waals surface area contributed by atoms with Gasteiger partial charge in [-0.05, 0) is 19.3 Å². The summed E-state index contributed by atoms with van der Waals surface area (Å²) >= 11 is 0. The Kier molecular flexibility index (Phi) is 4.56. The van der Waals surface area contributed by atoms with Crippen LogP contribution in [0.4, 0.5) is 0 Å². The molecular formula is C8H16O4S. The van der Waals surface area contributed by atoms with Crippen molar-refractivity contribution in [1.29, 1.82) is 0 Å². The maximum absolute atomic E-state index is 10.8. The summed E-state index contributed by atoms with van der Waals surface area (Å²) in [6, 6.07) is 0. The van der Waals surface area contributed by atoms with E-state index in [1.54, 1.807) is 13.8 Å². The fourth-order valence-electron chi connectivity index (χ4n) is 1.17. The Bertz CT molecular complexity index is 266. The van der Waals surface area contributed by atoms with Gasteiger partial charge in [-0.25, -0.2) is 0 Å². The number of ketones is 1. The van der Waals surface area contributed by atoms with E-state index in [-0.39, 0.29) is 24.5 Å². The second-order valence-electron chi connectivity index (χ2n) is 3.54. The summed E-state index contributed by atoms with van der Waals surface area (Å²) in [5, 5.41) is -0.823. The lowest BCUT2D eigenvalue weighted by atomic mass is 10.0. The summed E-state index contributed by atoms with van der Waals surface area (Å²) in [5.74, 6) is -0.233. The van der Waals surface area contributed by atoms with Gasteiger partial charge in [0.1, 0.15) is 5.78 Å². The first-order valence-corrected chi connectivity index (χ1v) is 5.71. The first kappa shape index (κ1) is 12.6. The highest BCUT2D eigenvalue weighted by Crippen LogP contribution is 2.16. The molecule has 0 amide bonds. The fraction of sp³-hybridized carbons (Fsp3) is 0.875. The van der Waals surface area contributed by atoms with Crippen molar-refractivity contribution >= 4 is 15.9 Å². The molecule has 0 fully saturated rings. The minimum absolute atomic E-state index is 0.0608.